The summed E-state index contributed by atoms with van der Waals surface area (Å²) in [4.78, 5) is 0. The third kappa shape index (κ3) is 7.03. The van der Waals surface area contributed by atoms with Crippen LogP contribution in [0.1, 0.15) is 40.5 Å². The lowest BCUT2D eigenvalue weighted by molar-refractivity contribution is 0.0908. The smallest absolute Gasteiger partial charge is 0.0517 e. The molecule has 80 valence electrons. The van der Waals surface area contributed by atoms with E-state index < -0.39 is 0 Å². The summed E-state index contributed by atoms with van der Waals surface area (Å²) >= 11 is 0. The van der Waals surface area contributed by atoms with Crippen molar-refractivity contribution in [1.82, 2.24) is 0 Å². The molecule has 0 amide bonds. The fraction of sp³-hybridized carbons (Fsp3) is 1.00. The highest BCUT2D eigenvalue weighted by molar-refractivity contribution is 4.73. The lowest BCUT2D eigenvalue weighted by Gasteiger charge is -2.29. The Bertz CT molecular complexity index is 130. The number of hydrogen-bond donors (Lipinski definition) is 1. The first-order valence-electron chi connectivity index (χ1n) is 5.04. The van der Waals surface area contributed by atoms with E-state index >= 15 is 0 Å². The van der Waals surface area contributed by atoms with Crippen LogP contribution < -0.4 is 0 Å². The summed E-state index contributed by atoms with van der Waals surface area (Å²) in [5.41, 5.74) is 0.214. The van der Waals surface area contributed by atoms with Crippen LogP contribution in [-0.4, -0.2) is 24.9 Å². The minimum Gasteiger partial charge on any atom is -0.393 e. The molecule has 0 rings (SSSR count). The third-order valence-electron chi connectivity index (χ3n) is 2.20. The first-order valence-corrected chi connectivity index (χ1v) is 5.04. The van der Waals surface area contributed by atoms with Crippen LogP contribution in [0.4, 0.5) is 0 Å². The summed E-state index contributed by atoms with van der Waals surface area (Å²) in [6.07, 6.45) is 1.76. The number of rotatable bonds is 6. The summed E-state index contributed by atoms with van der Waals surface area (Å²) in [5, 5.41) is 9.30. The maximum absolute atomic E-state index is 9.30. The minimum atomic E-state index is -0.204. The first-order chi connectivity index (χ1) is 5.87. The number of hydrogen-bond acceptors (Lipinski definition) is 2. The maximum Gasteiger partial charge on any atom is 0.0517 e. The van der Waals surface area contributed by atoms with Crippen molar-refractivity contribution >= 4 is 0 Å². The molecule has 13 heavy (non-hydrogen) atoms. The Balaban J connectivity index is 3.85. The van der Waals surface area contributed by atoms with E-state index in [1.807, 2.05) is 6.92 Å². The Kier molecular flexibility index (Phi) is 5.57. The van der Waals surface area contributed by atoms with Gasteiger partial charge in [-0.25, -0.2) is 0 Å². The van der Waals surface area contributed by atoms with Crippen molar-refractivity contribution in [2.45, 2.75) is 46.6 Å². The second-order valence-corrected chi connectivity index (χ2v) is 4.98. The van der Waals surface area contributed by atoms with Crippen molar-refractivity contribution in [1.29, 1.82) is 0 Å². The Morgan fingerprint density at radius 1 is 1.23 bits per heavy atom. The van der Waals surface area contributed by atoms with Gasteiger partial charge in [-0.15, -0.1) is 0 Å². The molecule has 0 fully saturated rings. The zero-order chi connectivity index (χ0) is 10.5. The average Bonchev–Trinajstić information content (AvgIpc) is 1.81. The number of aliphatic hydroxyl groups is 1. The van der Waals surface area contributed by atoms with Crippen molar-refractivity contribution in [3.63, 3.8) is 0 Å². The Morgan fingerprint density at radius 2 is 1.77 bits per heavy atom. The highest BCUT2D eigenvalue weighted by atomic mass is 16.5. The fourth-order valence-electron chi connectivity index (χ4n) is 2.17. The Hall–Kier alpha value is -0.0800. The Labute approximate surface area is 82.3 Å². The van der Waals surface area contributed by atoms with Crippen LogP contribution in [0.2, 0.25) is 0 Å². The molecule has 0 aliphatic rings. The molecule has 0 heterocycles. The van der Waals surface area contributed by atoms with Gasteiger partial charge in [0, 0.05) is 13.7 Å². The first kappa shape index (κ1) is 12.9. The van der Waals surface area contributed by atoms with Crippen LogP contribution >= 0.6 is 0 Å². The molecule has 0 aliphatic carbocycles. The van der Waals surface area contributed by atoms with E-state index in [2.05, 4.69) is 20.8 Å². The van der Waals surface area contributed by atoms with Crippen LogP contribution in [0.3, 0.4) is 0 Å². The lowest BCUT2D eigenvalue weighted by Crippen LogP contribution is -2.22. The molecule has 0 bridgehead atoms. The molecule has 0 radical (unpaired) electrons. The van der Waals surface area contributed by atoms with Gasteiger partial charge in [0.25, 0.3) is 0 Å². The van der Waals surface area contributed by atoms with Crippen molar-refractivity contribution in [2.75, 3.05) is 13.7 Å². The molecule has 2 heteroatoms. The van der Waals surface area contributed by atoms with E-state index in [0.717, 1.165) is 19.4 Å². The highest BCUT2D eigenvalue weighted by Gasteiger charge is 2.22. The van der Waals surface area contributed by atoms with Crippen molar-refractivity contribution < 1.29 is 9.84 Å². The summed E-state index contributed by atoms with van der Waals surface area (Å²) < 4.78 is 5.09. The second kappa shape index (κ2) is 5.61. The van der Waals surface area contributed by atoms with Crippen molar-refractivity contribution in [3.05, 3.63) is 0 Å². The predicted octanol–water partition coefficient (Wildman–Crippen LogP) is 2.46. The zero-order valence-corrected chi connectivity index (χ0v) is 9.63. The molecule has 0 saturated carbocycles. The van der Waals surface area contributed by atoms with E-state index in [9.17, 15) is 5.11 Å². The van der Waals surface area contributed by atoms with E-state index in [1.165, 1.54) is 0 Å². The monoisotopic (exact) mass is 188 g/mol. The molecule has 0 aromatic rings. The molecule has 0 saturated heterocycles. The summed E-state index contributed by atoms with van der Waals surface area (Å²) in [7, 11) is 1.73. The molecule has 1 N–H and O–H groups in total. The van der Waals surface area contributed by atoms with Gasteiger partial charge >= 0.3 is 0 Å². The van der Waals surface area contributed by atoms with Crippen molar-refractivity contribution in [2.24, 2.45) is 11.3 Å². The topological polar surface area (TPSA) is 29.5 Å². The SMILES string of the molecule is COCC(C)CC(C)(C)CC(C)O. The number of methoxy groups -OCH3 is 1. The summed E-state index contributed by atoms with van der Waals surface area (Å²) in [5.74, 6) is 0.568. The number of ether oxygens (including phenoxy) is 1. The maximum atomic E-state index is 9.30. The second-order valence-electron chi connectivity index (χ2n) is 4.98. The van der Waals surface area contributed by atoms with Crippen LogP contribution in [0.5, 0.6) is 0 Å². The van der Waals surface area contributed by atoms with Gasteiger partial charge in [-0.1, -0.05) is 20.8 Å². The van der Waals surface area contributed by atoms with Crippen LogP contribution in [0.15, 0.2) is 0 Å². The van der Waals surface area contributed by atoms with Gasteiger partial charge in [0.2, 0.25) is 0 Å². The molecule has 2 atom stereocenters. The zero-order valence-electron chi connectivity index (χ0n) is 9.63. The van der Waals surface area contributed by atoms with Gasteiger partial charge in [-0.3, -0.25) is 0 Å². The quantitative estimate of drug-likeness (QED) is 0.694. The van der Waals surface area contributed by atoms with Crippen LogP contribution in [-0.2, 0) is 4.74 Å². The summed E-state index contributed by atoms with van der Waals surface area (Å²) in [6, 6.07) is 0. The van der Waals surface area contributed by atoms with E-state index in [0.29, 0.717) is 5.92 Å². The van der Waals surface area contributed by atoms with Gasteiger partial charge in [0.05, 0.1) is 6.10 Å². The van der Waals surface area contributed by atoms with Gasteiger partial charge in [0.15, 0.2) is 0 Å². The molecule has 0 spiro atoms. The molecule has 2 nitrogen and oxygen atoms in total. The molecular weight excluding hydrogens is 164 g/mol. The highest BCUT2D eigenvalue weighted by Crippen LogP contribution is 2.30. The minimum absolute atomic E-state index is 0.204. The summed E-state index contributed by atoms with van der Waals surface area (Å²) in [6.45, 7) is 9.25. The van der Waals surface area contributed by atoms with Crippen LogP contribution in [0, 0.1) is 11.3 Å². The largest absolute Gasteiger partial charge is 0.393 e. The average molecular weight is 188 g/mol. The molecule has 0 aromatic carbocycles. The van der Waals surface area contributed by atoms with E-state index in [-0.39, 0.29) is 11.5 Å². The number of aliphatic hydroxyl groups excluding tert-OH is 1. The normalized spacial score (nSPS) is 17.1. The van der Waals surface area contributed by atoms with Crippen molar-refractivity contribution in [3.8, 4) is 0 Å². The molecule has 2 unspecified atom stereocenters. The standard InChI is InChI=1S/C11H24O2/c1-9(8-13-5)6-11(3,4)7-10(2)12/h9-10,12H,6-8H2,1-5H3. The Morgan fingerprint density at radius 3 is 2.15 bits per heavy atom. The van der Waals surface area contributed by atoms with E-state index in [1.54, 1.807) is 7.11 Å². The van der Waals surface area contributed by atoms with Gasteiger partial charge in [0.1, 0.15) is 0 Å². The fourth-order valence-corrected chi connectivity index (χ4v) is 2.17. The molecular formula is C11H24O2. The van der Waals surface area contributed by atoms with Crippen LogP contribution in [0.25, 0.3) is 0 Å². The third-order valence-corrected chi connectivity index (χ3v) is 2.20. The van der Waals surface area contributed by atoms with Gasteiger partial charge in [-0.2, -0.15) is 0 Å². The van der Waals surface area contributed by atoms with Gasteiger partial charge in [-0.05, 0) is 31.1 Å². The van der Waals surface area contributed by atoms with E-state index in [4.69, 9.17) is 4.74 Å². The molecule has 0 aromatic heterocycles. The van der Waals surface area contributed by atoms with Gasteiger partial charge < -0.3 is 9.84 Å². The lowest BCUT2D eigenvalue weighted by atomic mass is 9.79. The predicted molar refractivity (Wildman–Crippen MR) is 55.7 cm³/mol. The molecule has 0 aliphatic heterocycles.